The molecule has 19 heavy (non-hydrogen) atoms. The summed E-state index contributed by atoms with van der Waals surface area (Å²) in [4.78, 5) is 10.9. The van der Waals surface area contributed by atoms with Crippen LogP contribution in [0.15, 0.2) is 30.0 Å². The van der Waals surface area contributed by atoms with E-state index >= 15 is 0 Å². The second-order valence-corrected chi connectivity index (χ2v) is 5.25. The van der Waals surface area contributed by atoms with Gasteiger partial charge in [-0.15, -0.1) is 0 Å². The first-order valence-corrected chi connectivity index (χ1v) is 6.66. The zero-order valence-electron chi connectivity index (χ0n) is 10.7. The molecular weight excluding hydrogens is 264 g/mol. The first kappa shape index (κ1) is 13.7. The van der Waals surface area contributed by atoms with E-state index in [0.29, 0.717) is 5.69 Å². The zero-order valence-corrected chi connectivity index (χ0v) is 11.5. The van der Waals surface area contributed by atoms with E-state index in [4.69, 9.17) is 11.6 Å². The Morgan fingerprint density at radius 3 is 2.84 bits per heavy atom. The van der Waals surface area contributed by atoms with Crippen molar-refractivity contribution in [2.45, 2.75) is 26.2 Å². The van der Waals surface area contributed by atoms with Crippen molar-refractivity contribution in [1.29, 1.82) is 0 Å². The third-order valence-corrected chi connectivity index (χ3v) is 3.56. The molecule has 0 saturated carbocycles. The lowest BCUT2D eigenvalue weighted by molar-refractivity contribution is -0.255. The fourth-order valence-electron chi connectivity index (χ4n) is 1.99. The van der Waals surface area contributed by atoms with Gasteiger partial charge < -0.3 is 20.8 Å². The number of aromatic carboxylic acids is 1. The van der Waals surface area contributed by atoms with Crippen LogP contribution in [0.5, 0.6) is 0 Å². The fourth-order valence-corrected chi connectivity index (χ4v) is 2.19. The highest BCUT2D eigenvalue weighted by atomic mass is 35.5. The van der Waals surface area contributed by atoms with Crippen LogP contribution in [-0.2, 0) is 0 Å². The number of nitrogens with one attached hydrogen (secondary N) is 2. The molecule has 0 fully saturated rings. The van der Waals surface area contributed by atoms with Crippen LogP contribution in [0.3, 0.4) is 0 Å². The Balaban J connectivity index is 2.00. The Morgan fingerprint density at radius 1 is 1.42 bits per heavy atom. The molecule has 0 unspecified atom stereocenters. The average molecular weight is 280 g/mol. The molecule has 0 amide bonds. The summed E-state index contributed by atoms with van der Waals surface area (Å²) in [5.74, 6) is -0.551. The molecule has 2 rings (SSSR count). The molecule has 5 heteroatoms. The smallest absolute Gasteiger partial charge is 0.0731 e. The molecule has 1 aliphatic carbocycles. The fraction of sp³-hybridized carbons (Fsp3) is 0.357. The van der Waals surface area contributed by atoms with E-state index in [0.717, 1.165) is 30.9 Å². The number of carbonyl (C=O) groups excluding carboxylic acids is 1. The first-order chi connectivity index (χ1) is 9.06. The molecule has 0 heterocycles. The molecule has 0 bridgehead atoms. The van der Waals surface area contributed by atoms with Crippen LogP contribution >= 0.6 is 11.6 Å². The molecule has 0 aromatic heterocycles. The number of carboxylic acid groups (broad SMARTS) is 1. The van der Waals surface area contributed by atoms with Gasteiger partial charge in [0.15, 0.2) is 0 Å². The number of allylic oxidation sites excluding steroid dienone is 2. The number of anilines is 1. The Morgan fingerprint density at radius 2 is 2.21 bits per heavy atom. The highest BCUT2D eigenvalue weighted by molar-refractivity contribution is 6.33. The van der Waals surface area contributed by atoms with Crippen LogP contribution in [0.2, 0.25) is 5.02 Å². The Kier molecular flexibility index (Phi) is 4.32. The van der Waals surface area contributed by atoms with E-state index in [1.54, 1.807) is 6.07 Å². The van der Waals surface area contributed by atoms with Crippen LogP contribution in [0.25, 0.3) is 0 Å². The third kappa shape index (κ3) is 3.64. The molecule has 0 radical (unpaired) electrons. The van der Waals surface area contributed by atoms with Gasteiger partial charge in [0.1, 0.15) is 0 Å². The minimum atomic E-state index is -1.28. The van der Waals surface area contributed by atoms with Crippen molar-refractivity contribution in [3.05, 3.63) is 40.6 Å². The lowest BCUT2D eigenvalue weighted by Crippen LogP contribution is -2.25. The quantitative estimate of drug-likeness (QED) is 0.830. The molecule has 1 aromatic rings. The Hall–Kier alpha value is -1.68. The zero-order chi connectivity index (χ0) is 13.8. The molecule has 1 aliphatic rings. The average Bonchev–Trinajstić information content (AvgIpc) is 2.39. The topological polar surface area (TPSA) is 64.2 Å². The maximum Gasteiger partial charge on any atom is 0.0731 e. The third-order valence-electron chi connectivity index (χ3n) is 3.23. The van der Waals surface area contributed by atoms with Gasteiger partial charge >= 0.3 is 0 Å². The van der Waals surface area contributed by atoms with Gasteiger partial charge in [0.2, 0.25) is 0 Å². The molecule has 2 N–H and O–H groups in total. The van der Waals surface area contributed by atoms with Crippen LogP contribution in [0.4, 0.5) is 5.69 Å². The number of carbonyl (C=O) groups is 1. The normalized spacial score (nSPS) is 18.6. The number of hydrogen-bond acceptors (Lipinski definition) is 4. The van der Waals surface area contributed by atoms with Gasteiger partial charge in [-0.05, 0) is 43.4 Å². The van der Waals surface area contributed by atoms with Crippen molar-refractivity contribution in [2.75, 3.05) is 5.43 Å². The second-order valence-electron chi connectivity index (χ2n) is 4.84. The predicted octanol–water partition coefficient (Wildman–Crippen LogP) is 2.32. The number of benzene rings is 1. The van der Waals surface area contributed by atoms with Gasteiger partial charge in [-0.3, -0.25) is 0 Å². The Bertz CT molecular complexity index is 514. The number of hydrazine groups is 1. The molecule has 0 aliphatic heterocycles. The van der Waals surface area contributed by atoms with Crippen LogP contribution in [0, 0.1) is 5.92 Å². The molecule has 1 atom stereocenters. The minimum Gasteiger partial charge on any atom is -0.545 e. The van der Waals surface area contributed by atoms with Gasteiger partial charge in [0.25, 0.3) is 0 Å². The van der Waals surface area contributed by atoms with E-state index in [1.165, 1.54) is 12.1 Å². The van der Waals surface area contributed by atoms with E-state index < -0.39 is 5.97 Å². The molecule has 102 valence electrons. The SMILES string of the molecule is C[C@@H]1CC=C(NNc2ccc(Cl)c(C(=O)[O-])c2)CC1. The molecule has 4 nitrogen and oxygen atoms in total. The van der Waals surface area contributed by atoms with Crippen molar-refractivity contribution in [3.8, 4) is 0 Å². The summed E-state index contributed by atoms with van der Waals surface area (Å²) in [7, 11) is 0. The van der Waals surface area contributed by atoms with Gasteiger partial charge in [-0.2, -0.15) is 0 Å². The highest BCUT2D eigenvalue weighted by Gasteiger charge is 2.09. The lowest BCUT2D eigenvalue weighted by Gasteiger charge is -2.20. The largest absolute Gasteiger partial charge is 0.545 e. The van der Waals surface area contributed by atoms with Gasteiger partial charge in [0, 0.05) is 16.3 Å². The summed E-state index contributed by atoms with van der Waals surface area (Å²) in [5, 5.41) is 11.0. The summed E-state index contributed by atoms with van der Waals surface area (Å²) >= 11 is 5.78. The number of hydrogen-bond donors (Lipinski definition) is 2. The standard InChI is InChI=1S/C14H17ClN2O2/c1-9-2-4-10(5-3-9)16-17-11-6-7-13(15)12(8-11)14(18)19/h4,6-9,16-17H,2-3,5H2,1H3,(H,18,19)/p-1/t9-/m1/s1. The predicted molar refractivity (Wildman–Crippen MR) is 73.6 cm³/mol. The Labute approximate surface area is 117 Å². The van der Waals surface area contributed by atoms with Crippen LogP contribution < -0.4 is 16.0 Å². The molecule has 0 spiro atoms. The summed E-state index contributed by atoms with van der Waals surface area (Å²) in [6, 6.07) is 4.71. The van der Waals surface area contributed by atoms with Crippen molar-refractivity contribution >= 4 is 23.3 Å². The van der Waals surface area contributed by atoms with E-state index in [9.17, 15) is 9.90 Å². The first-order valence-electron chi connectivity index (χ1n) is 6.28. The monoisotopic (exact) mass is 279 g/mol. The van der Waals surface area contributed by atoms with Crippen LogP contribution in [0.1, 0.15) is 36.5 Å². The molecule has 1 aromatic carbocycles. The number of halogens is 1. The van der Waals surface area contributed by atoms with Crippen molar-refractivity contribution in [2.24, 2.45) is 5.92 Å². The minimum absolute atomic E-state index is 0.0142. The lowest BCUT2D eigenvalue weighted by atomic mass is 9.95. The van der Waals surface area contributed by atoms with Crippen molar-refractivity contribution in [3.63, 3.8) is 0 Å². The van der Waals surface area contributed by atoms with Crippen molar-refractivity contribution < 1.29 is 9.90 Å². The van der Waals surface area contributed by atoms with Gasteiger partial charge in [-0.1, -0.05) is 24.6 Å². The van der Waals surface area contributed by atoms with E-state index in [1.807, 2.05) is 0 Å². The second kappa shape index (κ2) is 5.97. The van der Waals surface area contributed by atoms with Gasteiger partial charge in [0.05, 0.1) is 11.7 Å². The maximum atomic E-state index is 10.9. The maximum absolute atomic E-state index is 10.9. The molecular formula is C14H16ClN2O2-. The van der Waals surface area contributed by atoms with Crippen LogP contribution in [-0.4, -0.2) is 5.97 Å². The summed E-state index contributed by atoms with van der Waals surface area (Å²) in [6.07, 6.45) is 5.38. The van der Waals surface area contributed by atoms with E-state index in [-0.39, 0.29) is 10.6 Å². The number of rotatable bonds is 4. The molecule has 0 saturated heterocycles. The number of carboxylic acids is 1. The summed E-state index contributed by atoms with van der Waals surface area (Å²) in [5.41, 5.74) is 7.84. The van der Waals surface area contributed by atoms with E-state index in [2.05, 4.69) is 23.9 Å². The van der Waals surface area contributed by atoms with Crippen molar-refractivity contribution in [1.82, 2.24) is 5.43 Å². The van der Waals surface area contributed by atoms with Gasteiger partial charge in [-0.25, -0.2) is 0 Å². The summed E-state index contributed by atoms with van der Waals surface area (Å²) in [6.45, 7) is 2.23. The highest BCUT2D eigenvalue weighted by Crippen LogP contribution is 2.22. The summed E-state index contributed by atoms with van der Waals surface area (Å²) < 4.78 is 0.